The Morgan fingerprint density at radius 2 is 2.40 bits per heavy atom. The first-order valence-electron chi connectivity index (χ1n) is 6.02. The Balaban J connectivity index is 2.37. The van der Waals surface area contributed by atoms with E-state index in [1.54, 1.807) is 0 Å². The summed E-state index contributed by atoms with van der Waals surface area (Å²) in [6.45, 7) is 7.57. The maximum Gasteiger partial charge on any atom is 0.111 e. The van der Waals surface area contributed by atoms with Gasteiger partial charge in [-0.3, -0.25) is 0 Å². The second kappa shape index (κ2) is 7.71. The lowest BCUT2D eigenvalue weighted by Crippen LogP contribution is -2.37. The van der Waals surface area contributed by atoms with Crippen LogP contribution in [0, 0.1) is 0 Å². The fourth-order valence-corrected chi connectivity index (χ4v) is 1.65. The number of allylic oxidation sites excluding steroid dienone is 1. The fraction of sp³-hybridized carbons (Fsp3) is 0.833. The minimum Gasteiger partial charge on any atom is -0.497 e. The highest BCUT2D eigenvalue weighted by Crippen LogP contribution is 2.14. The first kappa shape index (κ1) is 12.5. The Morgan fingerprint density at radius 1 is 1.53 bits per heavy atom. The Hall–Kier alpha value is -0.540. The van der Waals surface area contributed by atoms with Gasteiger partial charge in [0.05, 0.1) is 19.3 Å². The lowest BCUT2D eigenvalue weighted by Gasteiger charge is -2.24. The molecule has 0 aliphatic carbocycles. The van der Waals surface area contributed by atoms with Crippen molar-refractivity contribution in [3.8, 4) is 0 Å². The largest absolute Gasteiger partial charge is 0.497 e. The van der Waals surface area contributed by atoms with E-state index in [-0.39, 0.29) is 6.04 Å². The van der Waals surface area contributed by atoms with Crippen molar-refractivity contribution in [3.63, 3.8) is 0 Å². The van der Waals surface area contributed by atoms with Crippen molar-refractivity contribution < 1.29 is 9.47 Å². The molecule has 3 nitrogen and oxygen atoms in total. The Kier molecular flexibility index (Phi) is 6.44. The summed E-state index contributed by atoms with van der Waals surface area (Å²) in [4.78, 5) is 0. The molecule has 1 rings (SSSR count). The van der Waals surface area contributed by atoms with E-state index in [1.807, 2.05) is 0 Å². The number of nitrogens with one attached hydrogen (secondary N) is 1. The summed E-state index contributed by atoms with van der Waals surface area (Å²) < 4.78 is 11.2. The van der Waals surface area contributed by atoms with Gasteiger partial charge in [0.25, 0.3) is 0 Å². The van der Waals surface area contributed by atoms with E-state index < -0.39 is 0 Å². The van der Waals surface area contributed by atoms with Gasteiger partial charge >= 0.3 is 0 Å². The van der Waals surface area contributed by atoms with Crippen LogP contribution in [0.3, 0.4) is 0 Å². The first-order valence-corrected chi connectivity index (χ1v) is 6.02. The topological polar surface area (TPSA) is 30.5 Å². The first-order chi connectivity index (χ1) is 7.38. The van der Waals surface area contributed by atoms with Gasteiger partial charge in [0, 0.05) is 6.61 Å². The van der Waals surface area contributed by atoms with E-state index in [4.69, 9.17) is 9.47 Å². The Morgan fingerprint density at radius 3 is 3.00 bits per heavy atom. The van der Waals surface area contributed by atoms with Crippen LogP contribution in [0.15, 0.2) is 11.8 Å². The molecule has 0 saturated heterocycles. The second-order valence-corrected chi connectivity index (χ2v) is 3.78. The summed E-state index contributed by atoms with van der Waals surface area (Å²) in [6.07, 6.45) is 5.52. The quantitative estimate of drug-likeness (QED) is 0.657. The van der Waals surface area contributed by atoms with Gasteiger partial charge in [-0.15, -0.1) is 0 Å². The summed E-state index contributed by atoms with van der Waals surface area (Å²) in [5.74, 6) is 1.07. The van der Waals surface area contributed by atoms with E-state index >= 15 is 0 Å². The summed E-state index contributed by atoms with van der Waals surface area (Å²) in [7, 11) is 0. The van der Waals surface area contributed by atoms with Crippen LogP contribution in [-0.4, -0.2) is 32.4 Å². The van der Waals surface area contributed by atoms with Crippen LogP contribution in [-0.2, 0) is 9.47 Å². The zero-order valence-electron chi connectivity index (χ0n) is 9.92. The van der Waals surface area contributed by atoms with Crippen LogP contribution in [0.4, 0.5) is 0 Å². The van der Waals surface area contributed by atoms with Crippen molar-refractivity contribution in [1.29, 1.82) is 0 Å². The lowest BCUT2D eigenvalue weighted by atomic mass is 10.1. The molecule has 1 aliphatic heterocycles. The summed E-state index contributed by atoms with van der Waals surface area (Å²) in [5, 5.41) is 3.39. The predicted octanol–water partition coefficient (Wildman–Crippen LogP) is 2.09. The average molecular weight is 213 g/mol. The number of likely N-dealkylation sites (N-methyl/N-ethyl adjacent to an activating group) is 1. The van der Waals surface area contributed by atoms with Crippen LogP contribution in [0.5, 0.6) is 0 Å². The van der Waals surface area contributed by atoms with Crippen molar-refractivity contribution >= 4 is 0 Å². The molecule has 15 heavy (non-hydrogen) atoms. The standard InChI is InChI=1S/C12H23NO2/c1-3-8-14-10-11(13-4-2)12-7-5-6-9-15-12/h7,11,13H,3-6,8-10H2,1-2H3. The molecular formula is C12H23NO2. The average Bonchev–Trinajstić information content (AvgIpc) is 2.29. The van der Waals surface area contributed by atoms with Crippen LogP contribution < -0.4 is 5.32 Å². The minimum absolute atomic E-state index is 0.238. The van der Waals surface area contributed by atoms with E-state index in [0.29, 0.717) is 6.61 Å². The highest BCUT2D eigenvalue weighted by Gasteiger charge is 2.16. The van der Waals surface area contributed by atoms with Crippen molar-refractivity contribution in [2.45, 2.75) is 39.2 Å². The highest BCUT2D eigenvalue weighted by molar-refractivity contribution is 5.05. The summed E-state index contributed by atoms with van der Waals surface area (Å²) in [5.41, 5.74) is 0. The van der Waals surface area contributed by atoms with Crippen molar-refractivity contribution in [2.75, 3.05) is 26.4 Å². The van der Waals surface area contributed by atoms with Crippen LogP contribution >= 0.6 is 0 Å². The summed E-state index contributed by atoms with van der Waals surface area (Å²) in [6, 6.07) is 0.238. The maximum absolute atomic E-state index is 5.64. The minimum atomic E-state index is 0.238. The van der Waals surface area contributed by atoms with Gasteiger partial charge in [-0.05, 0) is 31.9 Å². The molecule has 0 aromatic heterocycles. The van der Waals surface area contributed by atoms with Crippen LogP contribution in [0.1, 0.15) is 33.1 Å². The SMILES string of the molecule is CCCOCC(NCC)C1=CCCCO1. The molecule has 1 N–H and O–H groups in total. The van der Waals surface area contributed by atoms with Gasteiger partial charge in [0.15, 0.2) is 0 Å². The number of hydrogen-bond donors (Lipinski definition) is 1. The number of ether oxygens (including phenoxy) is 2. The van der Waals surface area contributed by atoms with Crippen LogP contribution in [0.25, 0.3) is 0 Å². The van der Waals surface area contributed by atoms with Crippen molar-refractivity contribution in [3.05, 3.63) is 11.8 Å². The van der Waals surface area contributed by atoms with Gasteiger partial charge in [-0.1, -0.05) is 13.8 Å². The van der Waals surface area contributed by atoms with E-state index in [1.165, 1.54) is 0 Å². The van der Waals surface area contributed by atoms with Gasteiger partial charge in [0.2, 0.25) is 0 Å². The Labute approximate surface area is 92.8 Å². The molecule has 0 amide bonds. The number of rotatable bonds is 7. The maximum atomic E-state index is 5.64. The molecular weight excluding hydrogens is 190 g/mol. The van der Waals surface area contributed by atoms with E-state index in [0.717, 1.165) is 44.8 Å². The van der Waals surface area contributed by atoms with E-state index in [2.05, 4.69) is 25.2 Å². The third-order valence-corrected chi connectivity index (χ3v) is 2.39. The van der Waals surface area contributed by atoms with Crippen LogP contribution in [0.2, 0.25) is 0 Å². The normalized spacial score (nSPS) is 18.1. The lowest BCUT2D eigenvalue weighted by molar-refractivity contribution is 0.0888. The van der Waals surface area contributed by atoms with E-state index in [9.17, 15) is 0 Å². The molecule has 1 aliphatic rings. The molecule has 88 valence electrons. The molecule has 0 bridgehead atoms. The molecule has 1 atom stereocenters. The third-order valence-electron chi connectivity index (χ3n) is 2.39. The highest BCUT2D eigenvalue weighted by atomic mass is 16.5. The van der Waals surface area contributed by atoms with Gasteiger partial charge in [0.1, 0.15) is 5.76 Å². The fourth-order valence-electron chi connectivity index (χ4n) is 1.65. The molecule has 0 spiro atoms. The Bertz CT molecular complexity index is 192. The molecule has 1 heterocycles. The zero-order chi connectivity index (χ0) is 10.9. The smallest absolute Gasteiger partial charge is 0.111 e. The number of hydrogen-bond acceptors (Lipinski definition) is 3. The molecule has 0 saturated carbocycles. The third kappa shape index (κ3) is 4.67. The predicted molar refractivity (Wildman–Crippen MR) is 61.8 cm³/mol. The molecule has 0 radical (unpaired) electrons. The molecule has 3 heteroatoms. The van der Waals surface area contributed by atoms with Gasteiger partial charge in [-0.2, -0.15) is 0 Å². The molecule has 0 aromatic carbocycles. The monoisotopic (exact) mass is 213 g/mol. The zero-order valence-corrected chi connectivity index (χ0v) is 9.92. The molecule has 0 aromatic rings. The molecule has 1 unspecified atom stereocenters. The van der Waals surface area contributed by atoms with Crippen molar-refractivity contribution in [2.24, 2.45) is 0 Å². The molecule has 0 fully saturated rings. The van der Waals surface area contributed by atoms with Gasteiger partial charge in [-0.25, -0.2) is 0 Å². The second-order valence-electron chi connectivity index (χ2n) is 3.78. The van der Waals surface area contributed by atoms with Gasteiger partial charge < -0.3 is 14.8 Å². The van der Waals surface area contributed by atoms with Crippen molar-refractivity contribution in [1.82, 2.24) is 5.32 Å². The summed E-state index contributed by atoms with van der Waals surface area (Å²) >= 11 is 0.